The maximum absolute atomic E-state index is 8.41. The van der Waals surface area contributed by atoms with Crippen molar-refractivity contribution in [3.63, 3.8) is 0 Å². The molecular formula is C6H5N3O. The molecule has 0 aromatic carbocycles. The first-order valence-corrected chi connectivity index (χ1v) is 3.00. The zero-order chi connectivity index (χ0) is 6.97. The van der Waals surface area contributed by atoms with Gasteiger partial charge < -0.3 is 4.74 Å². The Morgan fingerprint density at radius 1 is 1.80 bits per heavy atom. The van der Waals surface area contributed by atoms with Gasteiger partial charge in [-0.2, -0.15) is 10.2 Å². The molecule has 0 amide bonds. The minimum absolute atomic E-state index is 0.426. The number of hydrogen-bond acceptors (Lipinski definition) is 3. The average molecular weight is 135 g/mol. The van der Waals surface area contributed by atoms with Crippen molar-refractivity contribution < 1.29 is 4.74 Å². The van der Waals surface area contributed by atoms with Crippen molar-refractivity contribution in [1.82, 2.24) is 9.55 Å². The molecule has 1 aromatic rings. The normalized spacial score (nSPS) is 13.9. The van der Waals surface area contributed by atoms with Gasteiger partial charge in [-0.15, -0.1) is 0 Å². The van der Waals surface area contributed by atoms with Gasteiger partial charge in [-0.3, -0.25) is 4.57 Å². The molecule has 50 valence electrons. The molecule has 0 saturated carbocycles. The molecule has 1 aliphatic heterocycles. The number of imidazole rings is 1. The molecule has 0 fully saturated rings. The lowest BCUT2D eigenvalue weighted by Gasteiger charge is -1.85. The molecule has 0 N–H and O–H groups in total. The van der Waals surface area contributed by atoms with Crippen molar-refractivity contribution in [2.24, 2.45) is 0 Å². The van der Waals surface area contributed by atoms with Gasteiger partial charge in [-0.05, 0) is 0 Å². The van der Waals surface area contributed by atoms with E-state index < -0.39 is 0 Å². The van der Waals surface area contributed by atoms with Gasteiger partial charge >= 0.3 is 0 Å². The molecule has 2 rings (SSSR count). The lowest BCUT2D eigenvalue weighted by atomic mass is 10.5. The highest BCUT2D eigenvalue weighted by molar-refractivity contribution is 5.22. The van der Waals surface area contributed by atoms with Crippen LogP contribution < -0.4 is 4.74 Å². The molecule has 0 unspecified atom stereocenters. The van der Waals surface area contributed by atoms with E-state index in [4.69, 9.17) is 10.00 Å². The first-order valence-electron chi connectivity index (χ1n) is 3.00. The summed E-state index contributed by atoms with van der Waals surface area (Å²) >= 11 is 0. The quantitative estimate of drug-likeness (QED) is 0.508. The van der Waals surface area contributed by atoms with Crippen molar-refractivity contribution in [3.05, 3.63) is 11.9 Å². The Bertz CT molecular complexity index is 275. The van der Waals surface area contributed by atoms with E-state index in [9.17, 15) is 0 Å². The van der Waals surface area contributed by atoms with E-state index in [0.29, 0.717) is 18.3 Å². The number of ether oxygens (including phenoxy) is 1. The minimum atomic E-state index is 0.426. The summed E-state index contributed by atoms with van der Waals surface area (Å²) in [5.41, 5.74) is 0.426. The maximum Gasteiger partial charge on any atom is 0.297 e. The van der Waals surface area contributed by atoms with Gasteiger partial charge in [-0.25, -0.2) is 0 Å². The number of rotatable bonds is 0. The fourth-order valence-corrected chi connectivity index (χ4v) is 0.963. The zero-order valence-corrected chi connectivity index (χ0v) is 5.24. The monoisotopic (exact) mass is 135 g/mol. The summed E-state index contributed by atoms with van der Waals surface area (Å²) in [6.07, 6.45) is 1.70. The maximum atomic E-state index is 8.41. The van der Waals surface area contributed by atoms with Gasteiger partial charge in [0.15, 0.2) is 5.69 Å². The second-order valence-corrected chi connectivity index (χ2v) is 2.06. The molecule has 0 spiro atoms. The van der Waals surface area contributed by atoms with Gasteiger partial charge in [0.05, 0.1) is 6.54 Å². The summed E-state index contributed by atoms with van der Waals surface area (Å²) < 4.78 is 6.91. The van der Waals surface area contributed by atoms with Gasteiger partial charge in [0.2, 0.25) is 0 Å². The Hall–Kier alpha value is -1.50. The molecule has 1 aliphatic rings. The Kier molecular flexibility index (Phi) is 0.921. The molecular weight excluding hydrogens is 130 g/mol. The Morgan fingerprint density at radius 2 is 2.70 bits per heavy atom. The SMILES string of the molecule is N#Cc1cn2c(n1)OCC2. The summed E-state index contributed by atoms with van der Waals surface area (Å²) in [7, 11) is 0. The largest absolute Gasteiger partial charge is 0.463 e. The highest BCUT2D eigenvalue weighted by atomic mass is 16.5. The standard InChI is InChI=1S/C6H5N3O/c7-3-5-4-9-1-2-10-6(9)8-5/h4H,1-2H2. The molecule has 0 radical (unpaired) electrons. The molecule has 0 aliphatic carbocycles. The number of nitriles is 1. The number of fused-ring (bicyclic) bond motifs is 1. The van der Waals surface area contributed by atoms with Crippen LogP contribution in [0, 0.1) is 11.3 Å². The highest BCUT2D eigenvalue weighted by Crippen LogP contribution is 2.15. The van der Waals surface area contributed by atoms with Crippen molar-refractivity contribution in [2.75, 3.05) is 6.61 Å². The summed E-state index contributed by atoms with van der Waals surface area (Å²) in [6, 6.07) is 2.51. The van der Waals surface area contributed by atoms with E-state index in [-0.39, 0.29) is 0 Å². The van der Waals surface area contributed by atoms with Crippen LogP contribution in [-0.2, 0) is 6.54 Å². The predicted octanol–water partition coefficient (Wildman–Crippen LogP) is 0.147. The first-order chi connectivity index (χ1) is 4.90. The van der Waals surface area contributed by atoms with Gasteiger partial charge in [0.25, 0.3) is 6.01 Å². The molecule has 10 heavy (non-hydrogen) atoms. The third kappa shape index (κ3) is 0.575. The fraction of sp³-hybridized carbons (Fsp3) is 0.333. The number of nitrogens with zero attached hydrogens (tertiary/aromatic N) is 3. The van der Waals surface area contributed by atoms with Gasteiger partial charge in [-0.1, -0.05) is 0 Å². The molecule has 0 saturated heterocycles. The fourth-order valence-electron chi connectivity index (χ4n) is 0.963. The van der Waals surface area contributed by atoms with Crippen LogP contribution in [0.15, 0.2) is 6.20 Å². The second-order valence-electron chi connectivity index (χ2n) is 2.06. The Balaban J connectivity index is 2.49. The summed E-state index contributed by atoms with van der Waals surface area (Å²) in [5, 5.41) is 8.41. The van der Waals surface area contributed by atoms with Crippen LogP contribution in [0.2, 0.25) is 0 Å². The Labute approximate surface area is 57.7 Å². The van der Waals surface area contributed by atoms with E-state index >= 15 is 0 Å². The van der Waals surface area contributed by atoms with Crippen molar-refractivity contribution in [3.8, 4) is 12.1 Å². The van der Waals surface area contributed by atoms with Crippen LogP contribution in [0.3, 0.4) is 0 Å². The van der Waals surface area contributed by atoms with E-state index in [2.05, 4.69) is 4.98 Å². The summed E-state index contributed by atoms with van der Waals surface area (Å²) in [4.78, 5) is 3.89. The van der Waals surface area contributed by atoms with Crippen LogP contribution in [0.1, 0.15) is 5.69 Å². The smallest absolute Gasteiger partial charge is 0.297 e. The third-order valence-corrected chi connectivity index (χ3v) is 1.42. The predicted molar refractivity (Wildman–Crippen MR) is 32.4 cm³/mol. The van der Waals surface area contributed by atoms with Crippen LogP contribution in [0.4, 0.5) is 0 Å². The average Bonchev–Trinajstić information content (AvgIpc) is 2.42. The van der Waals surface area contributed by atoms with Crippen LogP contribution in [0.25, 0.3) is 0 Å². The van der Waals surface area contributed by atoms with Gasteiger partial charge in [0.1, 0.15) is 12.7 Å². The van der Waals surface area contributed by atoms with E-state index in [1.165, 1.54) is 0 Å². The van der Waals surface area contributed by atoms with Crippen LogP contribution in [0.5, 0.6) is 6.01 Å². The first kappa shape index (κ1) is 5.30. The van der Waals surface area contributed by atoms with Crippen LogP contribution in [-0.4, -0.2) is 16.2 Å². The van der Waals surface area contributed by atoms with E-state index in [1.54, 1.807) is 6.20 Å². The van der Waals surface area contributed by atoms with E-state index in [0.717, 1.165) is 6.54 Å². The molecule has 0 atom stereocenters. The lowest BCUT2D eigenvalue weighted by Crippen LogP contribution is -1.91. The Morgan fingerprint density at radius 3 is 3.40 bits per heavy atom. The molecule has 1 aromatic heterocycles. The molecule has 4 heteroatoms. The zero-order valence-electron chi connectivity index (χ0n) is 5.24. The van der Waals surface area contributed by atoms with Crippen molar-refractivity contribution >= 4 is 0 Å². The van der Waals surface area contributed by atoms with Gasteiger partial charge in [0, 0.05) is 6.20 Å². The minimum Gasteiger partial charge on any atom is -0.463 e. The third-order valence-electron chi connectivity index (χ3n) is 1.42. The second kappa shape index (κ2) is 1.74. The molecule has 0 bridgehead atoms. The molecule has 2 heterocycles. The molecule has 4 nitrogen and oxygen atoms in total. The highest BCUT2D eigenvalue weighted by Gasteiger charge is 2.13. The van der Waals surface area contributed by atoms with Crippen molar-refractivity contribution in [2.45, 2.75) is 6.54 Å². The topological polar surface area (TPSA) is 50.8 Å². The number of hydrogen-bond donors (Lipinski definition) is 0. The summed E-state index contributed by atoms with van der Waals surface area (Å²) in [6.45, 7) is 1.48. The lowest BCUT2D eigenvalue weighted by molar-refractivity contribution is 0.344. The van der Waals surface area contributed by atoms with Crippen molar-refractivity contribution in [1.29, 1.82) is 5.26 Å². The summed E-state index contributed by atoms with van der Waals surface area (Å²) in [5.74, 6) is 0. The van der Waals surface area contributed by atoms with Crippen LogP contribution >= 0.6 is 0 Å². The number of aromatic nitrogens is 2. The van der Waals surface area contributed by atoms with E-state index in [1.807, 2.05) is 10.6 Å².